The minimum absolute atomic E-state index is 0.0973. The number of fused-ring (bicyclic) bond motifs is 1. The number of hydrogen-bond acceptors (Lipinski definition) is 5. The van der Waals surface area contributed by atoms with E-state index in [0.29, 0.717) is 0 Å². The van der Waals surface area contributed by atoms with Crippen LogP contribution in [0.3, 0.4) is 0 Å². The molecular weight excluding hydrogens is 392 g/mol. The maximum absolute atomic E-state index is 12.9. The van der Waals surface area contributed by atoms with E-state index < -0.39 is 5.92 Å². The molecule has 0 saturated heterocycles. The van der Waals surface area contributed by atoms with Crippen molar-refractivity contribution in [1.82, 2.24) is 4.98 Å². The summed E-state index contributed by atoms with van der Waals surface area (Å²) in [7, 11) is 0. The molecule has 1 unspecified atom stereocenters. The van der Waals surface area contributed by atoms with E-state index in [2.05, 4.69) is 16.2 Å². The number of thiazole rings is 1. The second-order valence-corrected chi connectivity index (χ2v) is 8.02. The Bertz CT molecular complexity index is 1260. The topological polar surface area (TPSA) is 57.9 Å². The zero-order chi connectivity index (χ0) is 20.5. The van der Waals surface area contributed by atoms with E-state index in [1.54, 1.807) is 17.6 Å². The van der Waals surface area contributed by atoms with Crippen LogP contribution in [0.5, 0.6) is 0 Å². The third-order valence-electron chi connectivity index (χ3n) is 4.97. The van der Waals surface area contributed by atoms with E-state index in [4.69, 9.17) is 4.98 Å². The Balaban J connectivity index is 1.45. The van der Waals surface area contributed by atoms with Crippen molar-refractivity contribution in [2.24, 2.45) is 16.0 Å². The van der Waals surface area contributed by atoms with Gasteiger partial charge in [0.15, 0.2) is 0 Å². The molecule has 1 amide bonds. The Morgan fingerprint density at radius 2 is 1.70 bits per heavy atom. The van der Waals surface area contributed by atoms with Gasteiger partial charge in [0.05, 0.1) is 27.3 Å². The van der Waals surface area contributed by atoms with Crippen LogP contribution in [0.15, 0.2) is 89.0 Å². The second-order valence-electron chi connectivity index (χ2n) is 6.99. The summed E-state index contributed by atoms with van der Waals surface area (Å²) in [5.74, 6) is -0.575. The van der Waals surface area contributed by atoms with Crippen molar-refractivity contribution in [2.45, 2.75) is 6.92 Å². The first-order valence-electron chi connectivity index (χ1n) is 9.64. The van der Waals surface area contributed by atoms with Gasteiger partial charge in [-0.3, -0.25) is 9.79 Å². The van der Waals surface area contributed by atoms with E-state index in [1.165, 1.54) is 5.01 Å². The molecule has 1 aliphatic heterocycles. The van der Waals surface area contributed by atoms with Crippen molar-refractivity contribution in [3.63, 3.8) is 0 Å². The van der Waals surface area contributed by atoms with Crippen LogP contribution in [-0.4, -0.2) is 22.8 Å². The number of hydrogen-bond donors (Lipinski definition) is 0. The second kappa shape index (κ2) is 7.65. The number of rotatable bonds is 4. The number of carbonyl (C=O) groups is 1. The highest BCUT2D eigenvalue weighted by molar-refractivity contribution is 7.21. The lowest BCUT2D eigenvalue weighted by molar-refractivity contribution is -0.118. The van der Waals surface area contributed by atoms with Crippen LogP contribution >= 0.6 is 11.3 Å². The first-order chi connectivity index (χ1) is 14.7. The standard InChI is InChI=1S/C24H18N4OS/c1-16-19(24(29)28(27-16)17-9-3-2-4-10-17)15-25-20-12-6-5-11-18(20)23-26-21-13-7-8-14-22(21)30-23/h2-15,19H,1H3/b25-15-. The molecule has 30 heavy (non-hydrogen) atoms. The van der Waals surface area contributed by atoms with E-state index in [-0.39, 0.29) is 5.91 Å². The molecule has 1 aliphatic rings. The number of nitrogens with zero attached hydrogens (tertiary/aromatic N) is 4. The summed E-state index contributed by atoms with van der Waals surface area (Å²) in [6.45, 7) is 1.86. The predicted octanol–water partition coefficient (Wildman–Crippen LogP) is 5.70. The van der Waals surface area contributed by atoms with Gasteiger partial charge >= 0.3 is 0 Å². The average molecular weight is 411 g/mol. The van der Waals surface area contributed by atoms with Gasteiger partial charge in [-0.05, 0) is 43.3 Å². The Morgan fingerprint density at radius 3 is 2.53 bits per heavy atom. The van der Waals surface area contributed by atoms with E-state index in [9.17, 15) is 4.79 Å². The fourth-order valence-electron chi connectivity index (χ4n) is 3.41. The van der Waals surface area contributed by atoms with Crippen molar-refractivity contribution in [2.75, 3.05) is 5.01 Å². The van der Waals surface area contributed by atoms with Gasteiger partial charge in [0.1, 0.15) is 10.9 Å². The molecule has 0 bridgehead atoms. The van der Waals surface area contributed by atoms with Gasteiger partial charge in [-0.1, -0.05) is 42.5 Å². The normalized spacial score (nSPS) is 16.6. The van der Waals surface area contributed by atoms with Gasteiger partial charge in [0.25, 0.3) is 5.91 Å². The summed E-state index contributed by atoms with van der Waals surface area (Å²) in [6.07, 6.45) is 1.69. The molecule has 0 fully saturated rings. The molecule has 5 nitrogen and oxygen atoms in total. The average Bonchev–Trinajstić information content (AvgIpc) is 3.34. The minimum atomic E-state index is -0.478. The van der Waals surface area contributed by atoms with Crippen molar-refractivity contribution < 1.29 is 4.79 Å². The molecule has 146 valence electrons. The summed E-state index contributed by atoms with van der Waals surface area (Å²) in [4.78, 5) is 22.3. The lowest BCUT2D eigenvalue weighted by Gasteiger charge is -2.12. The number of para-hydroxylation sites is 3. The predicted molar refractivity (Wildman–Crippen MR) is 124 cm³/mol. The van der Waals surface area contributed by atoms with Gasteiger partial charge in [-0.2, -0.15) is 10.1 Å². The summed E-state index contributed by atoms with van der Waals surface area (Å²) in [6, 6.07) is 25.4. The molecule has 0 radical (unpaired) electrons. The molecular formula is C24H18N4OS. The summed E-state index contributed by atoms with van der Waals surface area (Å²) in [5.41, 5.74) is 4.20. The lowest BCUT2D eigenvalue weighted by atomic mass is 10.1. The molecule has 6 heteroatoms. The summed E-state index contributed by atoms with van der Waals surface area (Å²) < 4.78 is 1.14. The quantitative estimate of drug-likeness (QED) is 0.405. The van der Waals surface area contributed by atoms with Crippen LogP contribution in [0.1, 0.15) is 6.92 Å². The molecule has 0 spiro atoms. The summed E-state index contributed by atoms with van der Waals surface area (Å²) >= 11 is 1.64. The maximum Gasteiger partial charge on any atom is 0.261 e. The van der Waals surface area contributed by atoms with Gasteiger partial charge < -0.3 is 0 Å². The molecule has 0 aliphatic carbocycles. The Hall–Kier alpha value is -3.64. The number of anilines is 1. The Morgan fingerprint density at radius 1 is 0.967 bits per heavy atom. The maximum atomic E-state index is 12.9. The van der Waals surface area contributed by atoms with Crippen LogP contribution in [0.25, 0.3) is 20.8 Å². The molecule has 3 aromatic carbocycles. The Labute approximate surface area is 178 Å². The van der Waals surface area contributed by atoms with Crippen LogP contribution in [0.2, 0.25) is 0 Å². The van der Waals surface area contributed by atoms with Crippen LogP contribution in [0.4, 0.5) is 11.4 Å². The molecule has 5 rings (SSSR count). The molecule has 1 atom stereocenters. The third-order valence-corrected chi connectivity index (χ3v) is 6.04. The third kappa shape index (κ3) is 3.31. The number of benzene rings is 3. The van der Waals surface area contributed by atoms with Crippen molar-refractivity contribution >= 4 is 50.8 Å². The molecule has 0 N–H and O–H groups in total. The zero-order valence-electron chi connectivity index (χ0n) is 16.3. The summed E-state index contributed by atoms with van der Waals surface area (Å²) in [5, 5.41) is 6.81. The van der Waals surface area contributed by atoms with Crippen LogP contribution in [-0.2, 0) is 4.79 Å². The number of aromatic nitrogens is 1. The number of hydrazone groups is 1. The zero-order valence-corrected chi connectivity index (χ0v) is 17.1. The van der Waals surface area contributed by atoms with Crippen molar-refractivity contribution in [3.8, 4) is 10.6 Å². The monoisotopic (exact) mass is 410 g/mol. The van der Waals surface area contributed by atoms with E-state index >= 15 is 0 Å². The van der Waals surface area contributed by atoms with Crippen molar-refractivity contribution in [3.05, 3.63) is 78.9 Å². The smallest absolute Gasteiger partial charge is 0.261 e. The number of carbonyl (C=O) groups excluding carboxylic acids is 1. The van der Waals surface area contributed by atoms with Crippen LogP contribution < -0.4 is 5.01 Å². The van der Waals surface area contributed by atoms with Crippen molar-refractivity contribution in [1.29, 1.82) is 0 Å². The fourth-order valence-corrected chi connectivity index (χ4v) is 4.41. The first kappa shape index (κ1) is 18.4. The molecule has 4 aromatic rings. The van der Waals surface area contributed by atoms with Crippen LogP contribution in [0, 0.1) is 5.92 Å². The van der Waals surface area contributed by atoms with Gasteiger partial charge in [-0.15, -0.1) is 11.3 Å². The Kier molecular flexibility index (Phi) is 4.69. The molecule has 0 saturated carbocycles. The highest BCUT2D eigenvalue weighted by Gasteiger charge is 2.33. The van der Waals surface area contributed by atoms with E-state index in [1.807, 2.05) is 79.7 Å². The highest BCUT2D eigenvalue weighted by atomic mass is 32.1. The van der Waals surface area contributed by atoms with Gasteiger partial charge in [-0.25, -0.2) is 4.98 Å². The lowest BCUT2D eigenvalue weighted by Crippen LogP contribution is -2.27. The SMILES string of the molecule is CC1=NN(c2ccccc2)C(=O)C1/C=N\c1ccccc1-c1nc2ccccc2s1. The number of amides is 1. The number of aliphatic imine (C=N–C) groups is 1. The molecule has 1 aromatic heterocycles. The van der Waals surface area contributed by atoms with Gasteiger partial charge in [0.2, 0.25) is 0 Å². The highest BCUT2D eigenvalue weighted by Crippen LogP contribution is 2.35. The molecule has 2 heterocycles. The van der Waals surface area contributed by atoms with E-state index in [0.717, 1.165) is 37.9 Å². The van der Waals surface area contributed by atoms with Gasteiger partial charge in [0, 0.05) is 11.8 Å². The largest absolute Gasteiger partial charge is 0.271 e. The minimum Gasteiger partial charge on any atom is -0.271 e. The fraction of sp³-hybridized carbons (Fsp3) is 0.0833. The first-order valence-corrected chi connectivity index (χ1v) is 10.5.